The monoisotopic (exact) mass is 188 g/mol. The molecule has 0 heterocycles. The average molecular weight is 188 g/mol. The first kappa shape index (κ1) is 11.9. The molecule has 5 nitrogen and oxygen atoms in total. The first-order valence-electron chi connectivity index (χ1n) is 4.12. The molecule has 0 unspecified atom stereocenters. The van der Waals surface area contributed by atoms with E-state index >= 15 is 0 Å². The van der Waals surface area contributed by atoms with Crippen molar-refractivity contribution >= 4 is 11.9 Å². The molecule has 0 rings (SSSR count). The molecule has 0 aliphatic rings. The average Bonchev–Trinajstić information content (AvgIpc) is 1.95. The quantitative estimate of drug-likeness (QED) is 0.625. The summed E-state index contributed by atoms with van der Waals surface area (Å²) in [6.45, 7) is 1.91. The Labute approximate surface area is 77.9 Å². The van der Waals surface area contributed by atoms with Crippen molar-refractivity contribution < 1.29 is 14.7 Å². The highest BCUT2D eigenvalue weighted by Gasteiger charge is 2.10. The third-order valence-electron chi connectivity index (χ3n) is 1.61. The minimum atomic E-state index is -0.831. The number of hydrogen-bond acceptors (Lipinski definition) is 3. The molecule has 0 spiro atoms. The molecule has 0 saturated carbocycles. The Kier molecular flexibility index (Phi) is 5.06. The van der Waals surface area contributed by atoms with Crippen LogP contribution in [0.25, 0.3) is 0 Å². The minimum Gasteiger partial charge on any atom is -0.481 e. The van der Waals surface area contributed by atoms with E-state index in [1.54, 1.807) is 19.1 Å². The van der Waals surface area contributed by atoms with Crippen LogP contribution in [0.15, 0.2) is 0 Å². The van der Waals surface area contributed by atoms with E-state index in [1.807, 2.05) is 0 Å². The van der Waals surface area contributed by atoms with Gasteiger partial charge in [-0.2, -0.15) is 0 Å². The number of rotatable bonds is 5. The fourth-order valence-corrected chi connectivity index (χ4v) is 1.02. The summed E-state index contributed by atoms with van der Waals surface area (Å²) in [5.74, 6) is -0.905. The molecular weight excluding hydrogens is 172 g/mol. The van der Waals surface area contributed by atoms with E-state index in [0.29, 0.717) is 13.0 Å². The molecule has 76 valence electrons. The second kappa shape index (κ2) is 5.53. The molecule has 1 amide bonds. The van der Waals surface area contributed by atoms with Crippen LogP contribution in [0.2, 0.25) is 0 Å². The fourth-order valence-electron chi connectivity index (χ4n) is 1.02. The van der Waals surface area contributed by atoms with Gasteiger partial charge in [0, 0.05) is 34.0 Å². The Hall–Kier alpha value is -1.10. The summed E-state index contributed by atoms with van der Waals surface area (Å²) in [6, 6.07) is 0. The number of aliphatic carboxylic acids is 1. The SMILES string of the molecule is CC(=O)N(CCCC(=O)O)N(C)C. The molecule has 0 saturated heterocycles. The molecule has 0 aromatic rings. The summed E-state index contributed by atoms with van der Waals surface area (Å²) in [5.41, 5.74) is 0. The lowest BCUT2D eigenvalue weighted by Crippen LogP contribution is -2.41. The number of carboxylic acids is 1. The predicted molar refractivity (Wildman–Crippen MR) is 47.9 cm³/mol. The Balaban J connectivity index is 3.84. The highest BCUT2D eigenvalue weighted by atomic mass is 16.4. The van der Waals surface area contributed by atoms with E-state index in [9.17, 15) is 9.59 Å². The molecule has 5 heteroatoms. The maximum Gasteiger partial charge on any atom is 0.303 e. The molecule has 0 fully saturated rings. The van der Waals surface area contributed by atoms with Gasteiger partial charge in [-0.25, -0.2) is 5.01 Å². The van der Waals surface area contributed by atoms with Gasteiger partial charge in [0.05, 0.1) is 0 Å². The van der Waals surface area contributed by atoms with E-state index in [1.165, 1.54) is 11.9 Å². The van der Waals surface area contributed by atoms with Crippen LogP contribution in [-0.4, -0.2) is 47.6 Å². The van der Waals surface area contributed by atoms with Gasteiger partial charge >= 0.3 is 5.97 Å². The summed E-state index contributed by atoms with van der Waals surface area (Å²) in [7, 11) is 3.50. The second-order valence-electron chi connectivity index (χ2n) is 2.99. The van der Waals surface area contributed by atoms with Crippen LogP contribution in [-0.2, 0) is 9.59 Å². The van der Waals surface area contributed by atoms with Crippen molar-refractivity contribution in [1.82, 2.24) is 10.0 Å². The lowest BCUT2D eigenvalue weighted by Gasteiger charge is -2.27. The largest absolute Gasteiger partial charge is 0.481 e. The highest BCUT2D eigenvalue weighted by molar-refractivity contribution is 5.72. The summed E-state index contributed by atoms with van der Waals surface area (Å²) in [5, 5.41) is 11.5. The van der Waals surface area contributed by atoms with Crippen molar-refractivity contribution in [1.29, 1.82) is 0 Å². The number of hydrogen-bond donors (Lipinski definition) is 1. The van der Waals surface area contributed by atoms with Gasteiger partial charge in [-0.1, -0.05) is 0 Å². The number of carboxylic acid groups (broad SMARTS) is 1. The second-order valence-corrected chi connectivity index (χ2v) is 2.99. The highest BCUT2D eigenvalue weighted by Crippen LogP contribution is 1.97. The first-order chi connectivity index (χ1) is 5.95. The molecule has 0 atom stereocenters. The zero-order valence-corrected chi connectivity index (χ0v) is 8.28. The Bertz CT molecular complexity index is 192. The summed E-state index contributed by atoms with van der Waals surface area (Å²) in [4.78, 5) is 21.2. The molecule has 1 N–H and O–H groups in total. The van der Waals surface area contributed by atoms with E-state index in [-0.39, 0.29) is 12.3 Å². The fraction of sp³-hybridized carbons (Fsp3) is 0.750. The lowest BCUT2D eigenvalue weighted by molar-refractivity contribution is -0.144. The van der Waals surface area contributed by atoms with Gasteiger partial charge in [0.15, 0.2) is 0 Å². The van der Waals surface area contributed by atoms with Crippen LogP contribution in [0.4, 0.5) is 0 Å². The minimum absolute atomic E-state index is 0.0737. The normalized spacial score (nSPS) is 10.2. The zero-order chi connectivity index (χ0) is 10.4. The van der Waals surface area contributed by atoms with Crippen LogP contribution in [0, 0.1) is 0 Å². The van der Waals surface area contributed by atoms with Crippen molar-refractivity contribution in [2.24, 2.45) is 0 Å². The lowest BCUT2D eigenvalue weighted by atomic mass is 10.3. The van der Waals surface area contributed by atoms with E-state index < -0.39 is 5.97 Å². The molecule has 0 aromatic heterocycles. The van der Waals surface area contributed by atoms with E-state index in [4.69, 9.17) is 5.11 Å². The van der Waals surface area contributed by atoms with Gasteiger partial charge in [-0.05, 0) is 6.42 Å². The van der Waals surface area contributed by atoms with Gasteiger partial charge in [-0.3, -0.25) is 14.6 Å². The third-order valence-corrected chi connectivity index (χ3v) is 1.61. The molecule has 13 heavy (non-hydrogen) atoms. The number of nitrogens with zero attached hydrogens (tertiary/aromatic N) is 2. The standard InChI is InChI=1S/C8H16N2O3/c1-7(11)10(9(2)3)6-4-5-8(12)13/h4-6H2,1-3H3,(H,12,13). The van der Waals surface area contributed by atoms with Crippen molar-refractivity contribution in [3.05, 3.63) is 0 Å². The van der Waals surface area contributed by atoms with Crippen molar-refractivity contribution in [3.8, 4) is 0 Å². The summed E-state index contributed by atoms with van der Waals surface area (Å²) < 4.78 is 0. The van der Waals surface area contributed by atoms with Crippen molar-refractivity contribution in [3.63, 3.8) is 0 Å². The summed E-state index contributed by atoms with van der Waals surface area (Å²) >= 11 is 0. The third kappa shape index (κ3) is 5.19. The number of carbonyl (C=O) groups excluding carboxylic acids is 1. The van der Waals surface area contributed by atoms with E-state index in [2.05, 4.69) is 0 Å². The number of carbonyl (C=O) groups is 2. The van der Waals surface area contributed by atoms with Crippen LogP contribution in [0.1, 0.15) is 19.8 Å². The van der Waals surface area contributed by atoms with Gasteiger partial charge in [0.2, 0.25) is 5.91 Å². The van der Waals surface area contributed by atoms with Crippen molar-refractivity contribution in [2.45, 2.75) is 19.8 Å². The van der Waals surface area contributed by atoms with Crippen LogP contribution in [0.3, 0.4) is 0 Å². The molecule has 0 aromatic carbocycles. The molecule has 0 aliphatic heterocycles. The molecule has 0 radical (unpaired) electrons. The van der Waals surface area contributed by atoms with Gasteiger partial charge in [0.1, 0.15) is 0 Å². The van der Waals surface area contributed by atoms with Gasteiger partial charge in [-0.15, -0.1) is 0 Å². The van der Waals surface area contributed by atoms with Gasteiger partial charge < -0.3 is 5.11 Å². The zero-order valence-electron chi connectivity index (χ0n) is 8.28. The Morgan fingerprint density at radius 1 is 1.31 bits per heavy atom. The maximum atomic E-state index is 11.0. The Morgan fingerprint density at radius 3 is 2.15 bits per heavy atom. The molecule has 0 bridgehead atoms. The van der Waals surface area contributed by atoms with Crippen molar-refractivity contribution in [2.75, 3.05) is 20.6 Å². The predicted octanol–water partition coefficient (Wildman–Crippen LogP) is 0.176. The van der Waals surface area contributed by atoms with Crippen LogP contribution >= 0.6 is 0 Å². The Morgan fingerprint density at radius 2 is 1.85 bits per heavy atom. The van der Waals surface area contributed by atoms with Crippen LogP contribution < -0.4 is 0 Å². The van der Waals surface area contributed by atoms with E-state index in [0.717, 1.165) is 0 Å². The first-order valence-corrected chi connectivity index (χ1v) is 4.12. The van der Waals surface area contributed by atoms with Crippen LogP contribution in [0.5, 0.6) is 0 Å². The smallest absolute Gasteiger partial charge is 0.303 e. The van der Waals surface area contributed by atoms with Gasteiger partial charge in [0.25, 0.3) is 0 Å². The molecule has 0 aliphatic carbocycles. The maximum absolute atomic E-state index is 11.0. The number of amides is 1. The number of hydrazine groups is 1. The molecular formula is C8H16N2O3. The topological polar surface area (TPSA) is 60.9 Å². The summed E-state index contributed by atoms with van der Waals surface area (Å²) in [6.07, 6.45) is 0.574.